The number of carbonyl (C=O) groups excluding carboxylic acids is 1. The lowest BCUT2D eigenvalue weighted by molar-refractivity contribution is 0.0996. The Morgan fingerprint density at radius 1 is 0.971 bits per heavy atom. The van der Waals surface area contributed by atoms with Crippen LogP contribution in [0.15, 0.2) is 60.9 Å². The highest BCUT2D eigenvalue weighted by molar-refractivity contribution is 6.10. The molecule has 0 saturated carbocycles. The summed E-state index contributed by atoms with van der Waals surface area (Å²) in [5.41, 5.74) is 4.23. The lowest BCUT2D eigenvalue weighted by Crippen LogP contribution is -2.38. The van der Waals surface area contributed by atoms with Crippen LogP contribution in [0, 0.1) is 6.92 Å². The molecule has 8 heteroatoms. The number of aryl methyl sites for hydroxylation is 1. The zero-order valence-electron chi connectivity index (χ0n) is 20.1. The summed E-state index contributed by atoms with van der Waals surface area (Å²) >= 11 is 0. The summed E-state index contributed by atoms with van der Waals surface area (Å²) in [6.07, 6.45) is 3.93. The van der Waals surface area contributed by atoms with E-state index in [2.05, 4.69) is 28.9 Å². The van der Waals surface area contributed by atoms with Crippen LogP contribution in [-0.4, -0.2) is 42.7 Å². The van der Waals surface area contributed by atoms with E-state index in [0.717, 1.165) is 47.7 Å². The number of aromatic nitrogens is 5. The number of hydrogen-bond donors (Lipinski definition) is 0. The Balaban J connectivity index is 1.34. The van der Waals surface area contributed by atoms with E-state index in [1.807, 2.05) is 66.1 Å². The number of amides is 1. The average molecular weight is 466 g/mol. The molecule has 0 unspecified atom stereocenters. The second-order valence-corrected chi connectivity index (χ2v) is 9.79. The van der Waals surface area contributed by atoms with Gasteiger partial charge in [0.25, 0.3) is 5.91 Å². The minimum absolute atomic E-state index is 0.0413. The highest BCUT2D eigenvalue weighted by Crippen LogP contribution is 2.37. The Bertz CT molecular complexity index is 1430. The molecular weight excluding hydrogens is 438 g/mol. The second-order valence-electron chi connectivity index (χ2n) is 9.79. The van der Waals surface area contributed by atoms with E-state index in [0.29, 0.717) is 23.9 Å². The lowest BCUT2D eigenvalue weighted by atomic mass is 10.0. The van der Waals surface area contributed by atoms with Crippen molar-refractivity contribution in [3.63, 3.8) is 0 Å². The SMILES string of the molecule is Cc1nc(N2CCCC2(C)C)cc2c1CN(c1cccc(-c3nncn3-c3ccccc3)n1)C2=O. The van der Waals surface area contributed by atoms with Crippen molar-refractivity contribution in [3.05, 3.63) is 77.7 Å². The molecule has 0 atom stereocenters. The molecule has 5 heterocycles. The number of benzene rings is 1. The van der Waals surface area contributed by atoms with E-state index in [9.17, 15) is 4.79 Å². The number of fused-ring (bicyclic) bond motifs is 1. The molecule has 1 saturated heterocycles. The van der Waals surface area contributed by atoms with Gasteiger partial charge < -0.3 is 4.90 Å². The molecule has 0 spiro atoms. The molecule has 6 rings (SSSR count). The van der Waals surface area contributed by atoms with E-state index >= 15 is 0 Å². The highest BCUT2D eigenvalue weighted by atomic mass is 16.2. The summed E-state index contributed by atoms with van der Waals surface area (Å²) in [5.74, 6) is 2.06. The number of pyridine rings is 2. The van der Waals surface area contributed by atoms with E-state index in [1.54, 1.807) is 11.2 Å². The normalized spacial score (nSPS) is 16.7. The molecule has 2 aliphatic rings. The van der Waals surface area contributed by atoms with Crippen molar-refractivity contribution < 1.29 is 4.79 Å². The van der Waals surface area contributed by atoms with Gasteiger partial charge in [-0.05, 0) is 63.9 Å². The summed E-state index contributed by atoms with van der Waals surface area (Å²) in [4.78, 5) is 27.3. The summed E-state index contributed by atoms with van der Waals surface area (Å²) in [6.45, 7) is 7.89. The van der Waals surface area contributed by atoms with Gasteiger partial charge in [-0.2, -0.15) is 0 Å². The third-order valence-corrected chi connectivity index (χ3v) is 7.11. The fourth-order valence-electron chi connectivity index (χ4n) is 5.19. The van der Waals surface area contributed by atoms with Crippen molar-refractivity contribution in [3.8, 4) is 17.2 Å². The van der Waals surface area contributed by atoms with Gasteiger partial charge in [-0.25, -0.2) is 9.97 Å². The number of rotatable bonds is 4. The van der Waals surface area contributed by atoms with Crippen molar-refractivity contribution >= 4 is 17.5 Å². The van der Waals surface area contributed by atoms with Gasteiger partial charge in [0.15, 0.2) is 5.82 Å². The molecular formula is C27H27N7O. The van der Waals surface area contributed by atoms with Crippen LogP contribution in [-0.2, 0) is 6.54 Å². The molecule has 35 heavy (non-hydrogen) atoms. The first-order valence-corrected chi connectivity index (χ1v) is 12.0. The number of para-hydroxylation sites is 1. The van der Waals surface area contributed by atoms with Gasteiger partial charge >= 0.3 is 0 Å². The minimum atomic E-state index is -0.0436. The smallest absolute Gasteiger partial charge is 0.260 e. The fourth-order valence-corrected chi connectivity index (χ4v) is 5.19. The van der Waals surface area contributed by atoms with Gasteiger partial charge in [0, 0.05) is 29.0 Å². The van der Waals surface area contributed by atoms with Crippen LogP contribution in [0.4, 0.5) is 11.6 Å². The van der Waals surface area contributed by atoms with Crippen LogP contribution in [0.2, 0.25) is 0 Å². The highest BCUT2D eigenvalue weighted by Gasteiger charge is 2.36. The molecule has 0 aliphatic carbocycles. The Morgan fingerprint density at radius 3 is 2.57 bits per heavy atom. The molecule has 3 aromatic heterocycles. The first kappa shape index (κ1) is 21.5. The number of anilines is 2. The molecule has 0 N–H and O–H groups in total. The van der Waals surface area contributed by atoms with Crippen LogP contribution < -0.4 is 9.80 Å². The van der Waals surface area contributed by atoms with Crippen LogP contribution in [0.5, 0.6) is 0 Å². The van der Waals surface area contributed by atoms with E-state index in [4.69, 9.17) is 9.97 Å². The second kappa shape index (κ2) is 8.01. The maximum atomic E-state index is 13.6. The number of nitrogens with zero attached hydrogens (tertiary/aromatic N) is 7. The number of carbonyl (C=O) groups is 1. The van der Waals surface area contributed by atoms with Gasteiger partial charge in [-0.1, -0.05) is 24.3 Å². The van der Waals surface area contributed by atoms with E-state index in [-0.39, 0.29) is 11.4 Å². The predicted octanol–water partition coefficient (Wildman–Crippen LogP) is 4.57. The fraction of sp³-hybridized carbons (Fsp3) is 0.296. The van der Waals surface area contributed by atoms with Crippen molar-refractivity contribution in [1.82, 2.24) is 24.7 Å². The van der Waals surface area contributed by atoms with Gasteiger partial charge in [0.2, 0.25) is 0 Å². The molecule has 1 fully saturated rings. The average Bonchev–Trinajstić information content (AvgIpc) is 3.57. The maximum absolute atomic E-state index is 13.6. The van der Waals surface area contributed by atoms with Gasteiger partial charge in [0.1, 0.15) is 23.7 Å². The van der Waals surface area contributed by atoms with Crippen LogP contribution in [0.3, 0.4) is 0 Å². The zero-order chi connectivity index (χ0) is 24.2. The Labute approximate surface area is 204 Å². The first-order chi connectivity index (χ1) is 16.9. The molecule has 2 aliphatic heterocycles. The van der Waals surface area contributed by atoms with Crippen molar-refractivity contribution in [2.75, 3.05) is 16.3 Å². The Hall–Kier alpha value is -4.07. The summed E-state index contributed by atoms with van der Waals surface area (Å²) < 4.78 is 1.89. The lowest BCUT2D eigenvalue weighted by Gasteiger charge is -2.33. The molecule has 176 valence electrons. The Kier molecular flexibility index (Phi) is 4.91. The standard InChI is InChI=1S/C27H27N7O/c1-18-21-16-32(26(35)20(21)15-24(29-18)34-14-8-13-27(34,2)3)23-12-7-11-22(30-23)25-31-28-17-33(25)19-9-5-4-6-10-19/h4-7,9-12,15,17H,8,13-14,16H2,1-3H3. The first-order valence-electron chi connectivity index (χ1n) is 12.0. The van der Waals surface area contributed by atoms with Crippen molar-refractivity contribution in [2.45, 2.75) is 45.7 Å². The third kappa shape index (κ3) is 3.56. The summed E-state index contributed by atoms with van der Waals surface area (Å²) in [7, 11) is 0. The molecule has 1 aromatic carbocycles. The van der Waals surface area contributed by atoms with Gasteiger partial charge in [-0.15, -0.1) is 10.2 Å². The largest absolute Gasteiger partial charge is 0.351 e. The molecule has 4 aromatic rings. The molecule has 0 radical (unpaired) electrons. The number of hydrogen-bond acceptors (Lipinski definition) is 6. The molecule has 8 nitrogen and oxygen atoms in total. The minimum Gasteiger partial charge on any atom is -0.351 e. The topological polar surface area (TPSA) is 80.0 Å². The monoisotopic (exact) mass is 465 g/mol. The van der Waals surface area contributed by atoms with E-state index < -0.39 is 0 Å². The van der Waals surface area contributed by atoms with Gasteiger partial charge in [0.05, 0.1) is 12.1 Å². The van der Waals surface area contributed by atoms with E-state index in [1.165, 1.54) is 0 Å². The predicted molar refractivity (Wildman–Crippen MR) is 135 cm³/mol. The molecule has 0 bridgehead atoms. The van der Waals surface area contributed by atoms with Crippen molar-refractivity contribution in [2.24, 2.45) is 0 Å². The van der Waals surface area contributed by atoms with Crippen LogP contribution in [0.1, 0.15) is 48.3 Å². The molecule has 1 amide bonds. The van der Waals surface area contributed by atoms with Crippen molar-refractivity contribution in [1.29, 1.82) is 0 Å². The Morgan fingerprint density at radius 2 is 1.80 bits per heavy atom. The van der Waals surface area contributed by atoms with Crippen LogP contribution >= 0.6 is 0 Å². The quantitative estimate of drug-likeness (QED) is 0.439. The zero-order valence-corrected chi connectivity index (χ0v) is 20.1. The van der Waals surface area contributed by atoms with Crippen LogP contribution in [0.25, 0.3) is 17.2 Å². The maximum Gasteiger partial charge on any atom is 0.260 e. The summed E-state index contributed by atoms with van der Waals surface area (Å²) in [5, 5.41) is 8.40. The third-order valence-electron chi connectivity index (χ3n) is 7.11. The summed E-state index contributed by atoms with van der Waals surface area (Å²) in [6, 6.07) is 17.5. The van der Waals surface area contributed by atoms with Gasteiger partial charge in [-0.3, -0.25) is 14.3 Å².